The van der Waals surface area contributed by atoms with E-state index in [0.717, 1.165) is 38.5 Å². The number of carbonyl (C=O) groups is 2. The molecule has 44 heavy (non-hydrogen) atoms. The van der Waals surface area contributed by atoms with E-state index >= 15 is 0 Å². The maximum atomic E-state index is 12.3. The van der Waals surface area contributed by atoms with Gasteiger partial charge in [-0.15, -0.1) is 0 Å². The number of rotatable bonds is 34. The van der Waals surface area contributed by atoms with E-state index in [0.29, 0.717) is 6.42 Å². The van der Waals surface area contributed by atoms with Gasteiger partial charge >= 0.3 is 11.9 Å². The molecule has 0 aliphatic heterocycles. The number of hydrogen-bond acceptors (Lipinski definition) is 7. The summed E-state index contributed by atoms with van der Waals surface area (Å²) in [7, 11) is -4.99. The van der Waals surface area contributed by atoms with Gasteiger partial charge in [0.1, 0.15) is 6.61 Å². The molecule has 0 aromatic rings. The minimum atomic E-state index is -4.99. The van der Waals surface area contributed by atoms with Crippen LogP contribution >= 0.6 is 7.82 Å². The van der Waals surface area contributed by atoms with Crippen molar-refractivity contribution in [1.82, 2.24) is 0 Å². The fourth-order valence-corrected chi connectivity index (χ4v) is 5.73. The monoisotopic (exact) mass is 647 g/mol. The van der Waals surface area contributed by atoms with Gasteiger partial charge in [-0.2, -0.15) is 0 Å². The Kier molecular flexibility index (Phi) is 31.3. The molecule has 262 valence electrons. The normalized spacial score (nSPS) is 13.5. The summed E-state index contributed by atoms with van der Waals surface area (Å²) in [4.78, 5) is 44.4. The lowest BCUT2D eigenvalue weighted by Gasteiger charge is -2.21. The topological polar surface area (TPSA) is 122 Å². The highest BCUT2D eigenvalue weighted by atomic mass is 31.2. The largest absolute Gasteiger partial charge is 0.756 e. The molecule has 0 amide bonds. The summed E-state index contributed by atoms with van der Waals surface area (Å²) in [5.41, 5.74) is 0. The van der Waals surface area contributed by atoms with Crippen molar-refractivity contribution < 1.29 is 37.9 Å². The SMILES string of the molecule is CCCCCCCCCCCCCCCC(=O)OC[C@H](COP(=O)([O-])O)OC(=O)CCCCCCCCCCCCCCC. The quantitative estimate of drug-likeness (QED) is 0.0416. The van der Waals surface area contributed by atoms with Crippen molar-refractivity contribution in [2.75, 3.05) is 13.2 Å². The first-order valence-corrected chi connectivity index (χ1v) is 19.8. The average Bonchev–Trinajstić information content (AvgIpc) is 2.98. The van der Waals surface area contributed by atoms with E-state index in [1.807, 2.05) is 0 Å². The minimum Gasteiger partial charge on any atom is -0.756 e. The first-order chi connectivity index (χ1) is 21.3. The van der Waals surface area contributed by atoms with Crippen LogP contribution in [0.4, 0.5) is 0 Å². The molecular weight excluding hydrogens is 579 g/mol. The molecule has 0 radical (unpaired) electrons. The van der Waals surface area contributed by atoms with Crippen LogP contribution in [0.3, 0.4) is 0 Å². The van der Waals surface area contributed by atoms with Crippen LogP contribution in [0.15, 0.2) is 0 Å². The smallest absolute Gasteiger partial charge is 0.306 e. The Bertz CT molecular complexity index is 696. The van der Waals surface area contributed by atoms with Crippen LogP contribution in [0.5, 0.6) is 0 Å². The Labute approximate surface area is 270 Å². The lowest BCUT2D eigenvalue weighted by atomic mass is 10.0. The number of phosphoric ester groups is 1. The first-order valence-electron chi connectivity index (χ1n) is 18.3. The summed E-state index contributed by atoms with van der Waals surface area (Å²) in [6.45, 7) is 3.59. The number of ether oxygens (including phenoxy) is 2. The molecule has 0 aromatic carbocycles. The third-order valence-corrected chi connectivity index (χ3v) is 8.60. The van der Waals surface area contributed by atoms with Gasteiger partial charge in [-0.05, 0) is 12.8 Å². The van der Waals surface area contributed by atoms with Crippen molar-refractivity contribution in [3.8, 4) is 0 Å². The summed E-state index contributed by atoms with van der Waals surface area (Å²) in [5.74, 6) is -0.909. The van der Waals surface area contributed by atoms with Gasteiger partial charge in [0, 0.05) is 12.8 Å². The Balaban J connectivity index is 3.94. The van der Waals surface area contributed by atoms with Gasteiger partial charge in [-0.3, -0.25) is 14.2 Å². The van der Waals surface area contributed by atoms with Gasteiger partial charge in [0.05, 0.1) is 6.61 Å². The van der Waals surface area contributed by atoms with Crippen LogP contribution in [0, 0.1) is 0 Å². The molecule has 0 heterocycles. The van der Waals surface area contributed by atoms with Gasteiger partial charge in [-0.1, -0.05) is 168 Å². The van der Waals surface area contributed by atoms with Crippen molar-refractivity contribution in [3.05, 3.63) is 0 Å². The van der Waals surface area contributed by atoms with Crippen molar-refractivity contribution in [2.45, 2.75) is 200 Å². The molecule has 0 saturated carbocycles. The van der Waals surface area contributed by atoms with Crippen molar-refractivity contribution in [1.29, 1.82) is 0 Å². The summed E-state index contributed by atoms with van der Waals surface area (Å²) < 4.78 is 26.0. The molecule has 1 unspecified atom stereocenters. The van der Waals surface area contributed by atoms with Crippen LogP contribution in [0.2, 0.25) is 0 Å². The maximum Gasteiger partial charge on any atom is 0.306 e. The highest BCUT2D eigenvalue weighted by Crippen LogP contribution is 2.30. The zero-order valence-electron chi connectivity index (χ0n) is 28.5. The molecule has 0 saturated heterocycles. The summed E-state index contributed by atoms with van der Waals surface area (Å²) >= 11 is 0. The van der Waals surface area contributed by atoms with E-state index < -0.39 is 32.5 Å². The fraction of sp³-hybridized carbons (Fsp3) is 0.943. The van der Waals surface area contributed by atoms with E-state index in [1.165, 1.54) is 122 Å². The molecule has 8 nitrogen and oxygen atoms in total. The fourth-order valence-electron chi connectivity index (χ4n) is 5.37. The highest BCUT2D eigenvalue weighted by Gasteiger charge is 2.19. The van der Waals surface area contributed by atoms with Crippen LogP contribution in [0.25, 0.3) is 0 Å². The van der Waals surface area contributed by atoms with Crippen LogP contribution < -0.4 is 4.89 Å². The lowest BCUT2D eigenvalue weighted by molar-refractivity contribution is -0.223. The van der Waals surface area contributed by atoms with Crippen molar-refractivity contribution >= 4 is 19.8 Å². The summed E-state index contributed by atoms with van der Waals surface area (Å²) in [6, 6.07) is 0. The predicted molar refractivity (Wildman–Crippen MR) is 177 cm³/mol. The van der Waals surface area contributed by atoms with Gasteiger partial charge in [-0.25, -0.2) is 0 Å². The molecule has 0 aromatic heterocycles. The second kappa shape index (κ2) is 32.0. The Hall–Kier alpha value is -0.950. The predicted octanol–water partition coefficient (Wildman–Crippen LogP) is 9.88. The molecule has 0 aliphatic rings. The second-order valence-corrected chi connectivity index (χ2v) is 13.7. The van der Waals surface area contributed by atoms with Gasteiger partial charge in [0.15, 0.2) is 6.10 Å². The molecule has 0 aliphatic carbocycles. The van der Waals surface area contributed by atoms with Crippen LogP contribution in [-0.4, -0.2) is 36.1 Å². The molecule has 0 bridgehead atoms. The van der Waals surface area contributed by atoms with E-state index in [4.69, 9.17) is 14.4 Å². The van der Waals surface area contributed by atoms with Gasteiger partial charge in [0.25, 0.3) is 7.82 Å². The lowest BCUT2D eigenvalue weighted by Crippen LogP contribution is -2.30. The highest BCUT2D eigenvalue weighted by molar-refractivity contribution is 7.44. The van der Waals surface area contributed by atoms with Crippen molar-refractivity contribution in [2.24, 2.45) is 0 Å². The first kappa shape index (κ1) is 43.0. The van der Waals surface area contributed by atoms with E-state index in [-0.39, 0.29) is 19.4 Å². The number of unbranched alkanes of at least 4 members (excludes halogenated alkanes) is 24. The van der Waals surface area contributed by atoms with Gasteiger partial charge in [0.2, 0.25) is 0 Å². The molecule has 0 spiro atoms. The Morgan fingerprint density at radius 1 is 0.545 bits per heavy atom. The number of hydrogen-bond donors (Lipinski definition) is 1. The molecule has 1 N–H and O–H groups in total. The third-order valence-electron chi connectivity index (χ3n) is 8.12. The van der Waals surface area contributed by atoms with Crippen LogP contribution in [-0.2, 0) is 28.2 Å². The standard InChI is InChI=1S/C35H69O8P/c1-3-5-7-9-11-13-15-17-19-21-23-25-27-29-34(36)41-31-33(32-42-44(38,39)40)43-35(37)30-28-26-24-22-20-18-16-14-12-10-8-6-4-2/h33H,3-32H2,1-2H3,(H2,38,39,40)/p-1/t33-/m1/s1. The van der Waals surface area contributed by atoms with E-state index in [9.17, 15) is 19.0 Å². The Morgan fingerprint density at radius 2 is 0.864 bits per heavy atom. The molecule has 2 atom stereocenters. The summed E-state index contributed by atoms with van der Waals surface area (Å²) in [5, 5.41) is 0. The molecule has 0 fully saturated rings. The zero-order chi connectivity index (χ0) is 32.6. The molecule has 9 heteroatoms. The number of phosphoric acid groups is 1. The molecule has 0 rings (SSSR count). The number of esters is 2. The average molecular weight is 648 g/mol. The summed E-state index contributed by atoms with van der Waals surface area (Å²) in [6.07, 6.45) is 30.8. The van der Waals surface area contributed by atoms with Crippen molar-refractivity contribution in [3.63, 3.8) is 0 Å². The molecular formula is C35H68O8P-. The van der Waals surface area contributed by atoms with Gasteiger partial charge < -0.3 is 23.8 Å². The van der Waals surface area contributed by atoms with E-state index in [1.54, 1.807) is 0 Å². The van der Waals surface area contributed by atoms with E-state index in [2.05, 4.69) is 18.4 Å². The second-order valence-electron chi connectivity index (χ2n) is 12.5. The Morgan fingerprint density at radius 3 is 1.20 bits per heavy atom. The third kappa shape index (κ3) is 33.9. The van der Waals surface area contributed by atoms with Crippen LogP contribution in [0.1, 0.15) is 194 Å². The maximum absolute atomic E-state index is 12.3. The zero-order valence-corrected chi connectivity index (χ0v) is 29.4. The minimum absolute atomic E-state index is 0.204. The number of carbonyl (C=O) groups excluding carboxylic acids is 2.